The minimum Gasteiger partial charge on any atom is -0.494 e. The quantitative estimate of drug-likeness (QED) is 0.907. The molecule has 0 aliphatic heterocycles. The Labute approximate surface area is 125 Å². The van der Waals surface area contributed by atoms with E-state index >= 15 is 0 Å². The molecule has 0 aliphatic carbocycles. The van der Waals surface area contributed by atoms with Crippen molar-refractivity contribution in [1.82, 2.24) is 9.88 Å². The Morgan fingerprint density at radius 3 is 2.48 bits per heavy atom. The first-order valence-corrected chi connectivity index (χ1v) is 7.26. The Morgan fingerprint density at radius 2 is 1.90 bits per heavy atom. The highest BCUT2D eigenvalue weighted by Gasteiger charge is 2.15. The fraction of sp³-hybridized carbons (Fsp3) is 0.353. The molecule has 0 atom stereocenters. The van der Waals surface area contributed by atoms with E-state index in [1.807, 2.05) is 20.8 Å². The average molecular weight is 286 g/mol. The number of aromatic hydroxyl groups is 1. The SMILES string of the molecule is CCc1c(C)cn(C(=O)NCCc2ccc(C)cc2)c1O. The molecule has 1 amide bonds. The number of hydrogen-bond donors (Lipinski definition) is 2. The van der Waals surface area contributed by atoms with Gasteiger partial charge in [-0.1, -0.05) is 36.8 Å². The maximum Gasteiger partial charge on any atom is 0.328 e. The summed E-state index contributed by atoms with van der Waals surface area (Å²) in [6, 6.07) is 7.96. The fourth-order valence-corrected chi connectivity index (χ4v) is 2.40. The number of hydrogen-bond acceptors (Lipinski definition) is 2. The predicted molar refractivity (Wildman–Crippen MR) is 83.9 cm³/mol. The normalized spacial score (nSPS) is 10.6. The lowest BCUT2D eigenvalue weighted by Gasteiger charge is -2.07. The number of amides is 1. The summed E-state index contributed by atoms with van der Waals surface area (Å²) in [6.07, 6.45) is 3.16. The van der Waals surface area contributed by atoms with E-state index < -0.39 is 0 Å². The van der Waals surface area contributed by atoms with Crippen LogP contribution in [0.3, 0.4) is 0 Å². The molecule has 0 bridgehead atoms. The number of nitrogens with one attached hydrogen (secondary N) is 1. The van der Waals surface area contributed by atoms with E-state index in [9.17, 15) is 9.90 Å². The van der Waals surface area contributed by atoms with Crippen LogP contribution >= 0.6 is 0 Å². The van der Waals surface area contributed by atoms with Gasteiger partial charge in [-0.3, -0.25) is 0 Å². The Hall–Kier alpha value is -2.23. The summed E-state index contributed by atoms with van der Waals surface area (Å²) < 4.78 is 1.28. The van der Waals surface area contributed by atoms with Gasteiger partial charge in [-0.15, -0.1) is 0 Å². The Balaban J connectivity index is 1.94. The van der Waals surface area contributed by atoms with E-state index in [0.717, 1.165) is 17.5 Å². The van der Waals surface area contributed by atoms with Gasteiger partial charge in [0.2, 0.25) is 5.88 Å². The molecule has 4 nitrogen and oxygen atoms in total. The molecular weight excluding hydrogens is 264 g/mol. The minimum atomic E-state index is -0.289. The van der Waals surface area contributed by atoms with Crippen molar-refractivity contribution in [3.8, 4) is 5.88 Å². The second-order valence-electron chi connectivity index (χ2n) is 5.31. The van der Waals surface area contributed by atoms with Crippen LogP contribution in [0, 0.1) is 13.8 Å². The smallest absolute Gasteiger partial charge is 0.328 e. The van der Waals surface area contributed by atoms with Crippen molar-refractivity contribution in [2.75, 3.05) is 6.54 Å². The van der Waals surface area contributed by atoms with Crippen LogP contribution in [0.15, 0.2) is 30.5 Å². The van der Waals surface area contributed by atoms with Crippen molar-refractivity contribution >= 4 is 6.03 Å². The molecule has 1 aromatic carbocycles. The zero-order valence-corrected chi connectivity index (χ0v) is 12.8. The van der Waals surface area contributed by atoms with E-state index in [1.54, 1.807) is 6.20 Å². The number of carbonyl (C=O) groups excluding carboxylic acids is 1. The zero-order valence-electron chi connectivity index (χ0n) is 12.8. The number of benzene rings is 1. The van der Waals surface area contributed by atoms with Crippen molar-refractivity contribution in [3.05, 3.63) is 52.7 Å². The van der Waals surface area contributed by atoms with E-state index in [4.69, 9.17) is 0 Å². The van der Waals surface area contributed by atoms with Gasteiger partial charge < -0.3 is 10.4 Å². The third kappa shape index (κ3) is 3.45. The molecule has 0 unspecified atom stereocenters. The third-order valence-corrected chi connectivity index (χ3v) is 3.68. The molecule has 0 saturated carbocycles. The molecule has 0 saturated heterocycles. The summed E-state index contributed by atoms with van der Waals surface area (Å²) in [7, 11) is 0. The summed E-state index contributed by atoms with van der Waals surface area (Å²) in [5.41, 5.74) is 4.16. The first-order valence-electron chi connectivity index (χ1n) is 7.26. The molecule has 2 aromatic rings. The maximum atomic E-state index is 12.1. The molecule has 2 rings (SSSR count). The summed E-state index contributed by atoms with van der Waals surface area (Å²) in [5.74, 6) is 0.0443. The summed E-state index contributed by atoms with van der Waals surface area (Å²) in [5, 5.41) is 12.9. The Bertz CT molecular complexity index is 627. The Kier molecular flexibility index (Phi) is 4.68. The molecular formula is C17H22N2O2. The first kappa shape index (κ1) is 15.2. The van der Waals surface area contributed by atoms with Crippen LogP contribution in [0.2, 0.25) is 0 Å². The van der Waals surface area contributed by atoms with Crippen molar-refractivity contribution < 1.29 is 9.90 Å². The van der Waals surface area contributed by atoms with Gasteiger partial charge in [0, 0.05) is 18.3 Å². The van der Waals surface area contributed by atoms with Crippen LogP contribution in [0.1, 0.15) is 29.2 Å². The molecule has 0 fully saturated rings. The first-order chi connectivity index (χ1) is 10.0. The van der Waals surface area contributed by atoms with Crippen molar-refractivity contribution in [3.63, 3.8) is 0 Å². The highest BCUT2D eigenvalue weighted by molar-refractivity contribution is 5.79. The lowest BCUT2D eigenvalue weighted by molar-refractivity contribution is 0.239. The maximum absolute atomic E-state index is 12.1. The number of rotatable bonds is 4. The lowest BCUT2D eigenvalue weighted by Crippen LogP contribution is -2.29. The number of aromatic nitrogens is 1. The van der Waals surface area contributed by atoms with Crippen molar-refractivity contribution in [1.29, 1.82) is 0 Å². The van der Waals surface area contributed by atoms with Gasteiger partial charge in [-0.05, 0) is 37.8 Å². The zero-order chi connectivity index (χ0) is 15.4. The van der Waals surface area contributed by atoms with Gasteiger partial charge >= 0.3 is 6.03 Å². The average Bonchev–Trinajstić information content (AvgIpc) is 2.75. The molecule has 0 radical (unpaired) electrons. The fourth-order valence-electron chi connectivity index (χ4n) is 2.40. The van der Waals surface area contributed by atoms with Crippen molar-refractivity contribution in [2.24, 2.45) is 0 Å². The van der Waals surface area contributed by atoms with Gasteiger partial charge in [-0.25, -0.2) is 9.36 Å². The van der Waals surface area contributed by atoms with Gasteiger partial charge in [0.15, 0.2) is 0 Å². The second-order valence-corrected chi connectivity index (χ2v) is 5.31. The van der Waals surface area contributed by atoms with Gasteiger partial charge in [0.1, 0.15) is 0 Å². The monoisotopic (exact) mass is 286 g/mol. The van der Waals surface area contributed by atoms with Crippen LogP contribution in [-0.4, -0.2) is 22.2 Å². The standard InChI is InChI=1S/C17H22N2O2/c1-4-15-13(3)11-19(16(15)20)17(21)18-10-9-14-7-5-12(2)6-8-14/h5-8,11,20H,4,9-10H2,1-3H3,(H,18,21). The Morgan fingerprint density at radius 1 is 1.24 bits per heavy atom. The third-order valence-electron chi connectivity index (χ3n) is 3.68. The van der Waals surface area contributed by atoms with E-state index in [1.165, 1.54) is 15.7 Å². The van der Waals surface area contributed by atoms with Crippen LogP contribution in [0.4, 0.5) is 4.79 Å². The summed E-state index contributed by atoms with van der Waals surface area (Å²) in [6.45, 7) is 6.45. The van der Waals surface area contributed by atoms with Gasteiger partial charge in [-0.2, -0.15) is 0 Å². The van der Waals surface area contributed by atoms with E-state index in [-0.39, 0.29) is 11.9 Å². The molecule has 112 valence electrons. The highest BCUT2D eigenvalue weighted by atomic mass is 16.3. The van der Waals surface area contributed by atoms with Crippen LogP contribution in [0.25, 0.3) is 0 Å². The molecule has 21 heavy (non-hydrogen) atoms. The summed E-state index contributed by atoms with van der Waals surface area (Å²) in [4.78, 5) is 12.1. The van der Waals surface area contributed by atoms with Crippen LogP contribution in [0.5, 0.6) is 5.88 Å². The van der Waals surface area contributed by atoms with Gasteiger partial charge in [0.05, 0.1) is 0 Å². The molecule has 0 aliphatic rings. The molecule has 4 heteroatoms. The molecule has 0 spiro atoms. The molecule has 2 N–H and O–H groups in total. The molecule has 1 heterocycles. The minimum absolute atomic E-state index is 0.0443. The largest absolute Gasteiger partial charge is 0.494 e. The number of nitrogens with zero attached hydrogens (tertiary/aromatic N) is 1. The van der Waals surface area contributed by atoms with Crippen LogP contribution < -0.4 is 5.32 Å². The summed E-state index contributed by atoms with van der Waals surface area (Å²) >= 11 is 0. The highest BCUT2D eigenvalue weighted by Crippen LogP contribution is 2.23. The topological polar surface area (TPSA) is 54.3 Å². The predicted octanol–water partition coefficient (Wildman–Crippen LogP) is 3.17. The van der Waals surface area contributed by atoms with Crippen molar-refractivity contribution in [2.45, 2.75) is 33.6 Å². The van der Waals surface area contributed by atoms with E-state index in [0.29, 0.717) is 13.0 Å². The van der Waals surface area contributed by atoms with E-state index in [2.05, 4.69) is 29.6 Å². The van der Waals surface area contributed by atoms with Crippen LogP contribution in [-0.2, 0) is 12.8 Å². The second kappa shape index (κ2) is 6.48. The number of carbonyl (C=O) groups is 1. The molecule has 1 aromatic heterocycles. The number of aryl methyl sites for hydroxylation is 2. The lowest BCUT2D eigenvalue weighted by atomic mass is 10.1. The van der Waals surface area contributed by atoms with Gasteiger partial charge in [0.25, 0.3) is 0 Å².